The van der Waals surface area contributed by atoms with Crippen LogP contribution in [0.3, 0.4) is 0 Å². The average molecular weight is 269 g/mol. The highest BCUT2D eigenvalue weighted by Crippen LogP contribution is 2.22. The molecule has 2 rings (SSSR count). The van der Waals surface area contributed by atoms with Crippen molar-refractivity contribution in [2.45, 2.75) is 26.7 Å². The fourth-order valence-electron chi connectivity index (χ4n) is 2.31. The van der Waals surface area contributed by atoms with Crippen LogP contribution in [0.2, 0.25) is 0 Å². The van der Waals surface area contributed by atoms with Gasteiger partial charge in [0, 0.05) is 6.54 Å². The number of allylic oxidation sites excluding steroid dienone is 3. The molecule has 3 heteroatoms. The fraction of sp³-hybridized carbons (Fsp3) is 0.294. The zero-order valence-electron chi connectivity index (χ0n) is 11.9. The van der Waals surface area contributed by atoms with E-state index in [1.165, 1.54) is 10.5 Å². The molecule has 0 bridgehead atoms. The first kappa shape index (κ1) is 14.3. The topological polar surface area (TPSA) is 37.4 Å². The summed E-state index contributed by atoms with van der Waals surface area (Å²) in [5.74, 6) is -0.402. The van der Waals surface area contributed by atoms with E-state index in [0.29, 0.717) is 17.7 Å². The largest absolute Gasteiger partial charge is 0.270 e. The Morgan fingerprint density at radius 3 is 2.20 bits per heavy atom. The number of hydrogen-bond acceptors (Lipinski definition) is 2. The summed E-state index contributed by atoms with van der Waals surface area (Å²) in [6, 6.07) is 6.96. The van der Waals surface area contributed by atoms with Gasteiger partial charge in [-0.15, -0.1) is 0 Å². The number of carbonyl (C=O) groups excluding carboxylic acids is 2. The molecule has 0 aliphatic carbocycles. The van der Waals surface area contributed by atoms with Crippen LogP contribution in [-0.2, 0) is 0 Å². The highest BCUT2D eigenvalue weighted by Gasteiger charge is 2.33. The first-order valence-corrected chi connectivity index (χ1v) is 6.99. The van der Waals surface area contributed by atoms with Gasteiger partial charge in [0.15, 0.2) is 0 Å². The van der Waals surface area contributed by atoms with Crippen molar-refractivity contribution in [3.63, 3.8) is 0 Å². The third-order valence-electron chi connectivity index (χ3n) is 3.37. The van der Waals surface area contributed by atoms with Crippen LogP contribution >= 0.6 is 0 Å². The van der Waals surface area contributed by atoms with Gasteiger partial charge in [0.05, 0.1) is 11.1 Å². The smallest absolute Gasteiger partial charge is 0.261 e. The molecule has 0 unspecified atom stereocenters. The lowest BCUT2D eigenvalue weighted by Crippen LogP contribution is -2.29. The van der Waals surface area contributed by atoms with Gasteiger partial charge in [0.1, 0.15) is 0 Å². The van der Waals surface area contributed by atoms with E-state index in [9.17, 15) is 9.59 Å². The van der Waals surface area contributed by atoms with Crippen LogP contribution in [0.1, 0.15) is 47.4 Å². The average Bonchev–Trinajstić information content (AvgIpc) is 2.71. The van der Waals surface area contributed by atoms with E-state index in [1.807, 2.05) is 12.2 Å². The van der Waals surface area contributed by atoms with Crippen LogP contribution in [-0.4, -0.2) is 23.3 Å². The predicted octanol–water partition coefficient (Wildman–Crippen LogP) is 3.59. The molecule has 0 fully saturated rings. The summed E-state index contributed by atoms with van der Waals surface area (Å²) in [7, 11) is 0. The molecule has 1 heterocycles. The molecule has 1 aromatic rings. The van der Waals surface area contributed by atoms with Crippen LogP contribution in [0.15, 0.2) is 48.1 Å². The number of hydrogen-bond donors (Lipinski definition) is 0. The Morgan fingerprint density at radius 1 is 1.10 bits per heavy atom. The van der Waals surface area contributed by atoms with E-state index >= 15 is 0 Å². The van der Waals surface area contributed by atoms with Crippen molar-refractivity contribution in [1.82, 2.24) is 4.90 Å². The Balaban J connectivity index is 2.10. The molecular weight excluding hydrogens is 250 g/mol. The Bertz CT molecular complexity index is 549. The van der Waals surface area contributed by atoms with E-state index in [2.05, 4.69) is 19.9 Å². The van der Waals surface area contributed by atoms with Gasteiger partial charge in [0.25, 0.3) is 11.8 Å². The van der Waals surface area contributed by atoms with E-state index in [-0.39, 0.29) is 11.8 Å². The van der Waals surface area contributed by atoms with Gasteiger partial charge in [-0.2, -0.15) is 0 Å². The molecule has 1 aliphatic rings. The third-order valence-corrected chi connectivity index (χ3v) is 3.37. The van der Waals surface area contributed by atoms with Crippen LogP contribution in [0.25, 0.3) is 0 Å². The van der Waals surface area contributed by atoms with Gasteiger partial charge < -0.3 is 0 Å². The molecule has 0 atom stereocenters. The Labute approximate surface area is 119 Å². The van der Waals surface area contributed by atoms with Gasteiger partial charge in [-0.3, -0.25) is 14.5 Å². The van der Waals surface area contributed by atoms with Crippen molar-refractivity contribution in [3.05, 3.63) is 59.2 Å². The maximum atomic E-state index is 12.1. The van der Waals surface area contributed by atoms with Crippen molar-refractivity contribution in [2.24, 2.45) is 0 Å². The fourth-order valence-corrected chi connectivity index (χ4v) is 2.31. The summed E-state index contributed by atoms with van der Waals surface area (Å²) < 4.78 is 0. The van der Waals surface area contributed by atoms with Crippen LogP contribution < -0.4 is 0 Å². The summed E-state index contributed by atoms with van der Waals surface area (Å²) >= 11 is 0. The standard InChI is InChI=1S/C17H19NO2/c1-3-8-13(4-2)9-7-12-18-16(19)14-10-5-6-11-15(14)17(18)20/h5-11H,3-4,12H2,1-2H3/b9-7-,13-8+. The minimum atomic E-state index is -0.201. The zero-order valence-corrected chi connectivity index (χ0v) is 11.9. The van der Waals surface area contributed by atoms with Crippen molar-refractivity contribution in [3.8, 4) is 0 Å². The maximum Gasteiger partial charge on any atom is 0.261 e. The lowest BCUT2D eigenvalue weighted by Gasteiger charge is -2.10. The summed E-state index contributed by atoms with van der Waals surface area (Å²) in [5.41, 5.74) is 2.24. The molecule has 3 nitrogen and oxygen atoms in total. The molecule has 104 valence electrons. The normalized spacial score (nSPS) is 15.3. The number of benzene rings is 1. The number of carbonyl (C=O) groups is 2. The van der Waals surface area contributed by atoms with E-state index in [4.69, 9.17) is 0 Å². The van der Waals surface area contributed by atoms with Gasteiger partial charge >= 0.3 is 0 Å². The van der Waals surface area contributed by atoms with Crippen molar-refractivity contribution < 1.29 is 9.59 Å². The van der Waals surface area contributed by atoms with Gasteiger partial charge in [-0.05, 0) is 25.0 Å². The minimum absolute atomic E-state index is 0.201. The zero-order chi connectivity index (χ0) is 14.5. The molecule has 0 saturated heterocycles. The van der Waals surface area contributed by atoms with E-state index in [0.717, 1.165) is 12.8 Å². The summed E-state index contributed by atoms with van der Waals surface area (Å²) in [5, 5.41) is 0. The van der Waals surface area contributed by atoms with Gasteiger partial charge in [-0.1, -0.05) is 49.8 Å². The third kappa shape index (κ3) is 2.72. The van der Waals surface area contributed by atoms with Crippen LogP contribution in [0.5, 0.6) is 0 Å². The Morgan fingerprint density at radius 2 is 1.70 bits per heavy atom. The summed E-state index contributed by atoms with van der Waals surface area (Å²) in [6.45, 7) is 4.51. The summed E-state index contributed by atoms with van der Waals surface area (Å²) in [4.78, 5) is 25.6. The van der Waals surface area contributed by atoms with Crippen molar-refractivity contribution in [2.75, 3.05) is 6.54 Å². The van der Waals surface area contributed by atoms with Crippen LogP contribution in [0.4, 0.5) is 0 Å². The van der Waals surface area contributed by atoms with Crippen molar-refractivity contribution >= 4 is 11.8 Å². The Kier molecular flexibility index (Phi) is 4.51. The van der Waals surface area contributed by atoms with Crippen molar-refractivity contribution in [1.29, 1.82) is 0 Å². The molecule has 0 radical (unpaired) electrons. The second-order valence-corrected chi connectivity index (χ2v) is 4.71. The Hall–Kier alpha value is -2.16. The second-order valence-electron chi connectivity index (χ2n) is 4.71. The monoisotopic (exact) mass is 269 g/mol. The number of imide groups is 1. The van der Waals surface area contributed by atoms with Gasteiger partial charge in [-0.25, -0.2) is 0 Å². The summed E-state index contributed by atoms with van der Waals surface area (Å²) in [6.07, 6.45) is 7.96. The molecule has 0 saturated carbocycles. The predicted molar refractivity (Wildman–Crippen MR) is 79.6 cm³/mol. The maximum absolute atomic E-state index is 12.1. The van der Waals surface area contributed by atoms with E-state index in [1.54, 1.807) is 24.3 Å². The van der Waals surface area contributed by atoms with Gasteiger partial charge in [0.2, 0.25) is 0 Å². The lowest BCUT2D eigenvalue weighted by atomic mass is 10.1. The molecule has 1 aromatic carbocycles. The SMILES string of the molecule is CC/C=C(/C=C\CN1C(=O)c2ccccc2C1=O)CC. The first-order valence-electron chi connectivity index (χ1n) is 6.99. The number of fused-ring (bicyclic) bond motifs is 1. The first-order chi connectivity index (χ1) is 9.69. The molecule has 1 aliphatic heterocycles. The molecule has 0 spiro atoms. The molecule has 0 N–H and O–H groups in total. The number of rotatable bonds is 5. The van der Waals surface area contributed by atoms with Crippen LogP contribution in [0, 0.1) is 0 Å². The highest BCUT2D eigenvalue weighted by atomic mass is 16.2. The number of nitrogens with zero attached hydrogens (tertiary/aromatic N) is 1. The number of amides is 2. The van der Waals surface area contributed by atoms with E-state index < -0.39 is 0 Å². The second kappa shape index (κ2) is 6.33. The molecule has 20 heavy (non-hydrogen) atoms. The highest BCUT2D eigenvalue weighted by molar-refractivity contribution is 6.21. The lowest BCUT2D eigenvalue weighted by molar-refractivity contribution is 0.0672. The molecule has 0 aromatic heterocycles. The molecular formula is C17H19NO2. The quantitative estimate of drug-likeness (QED) is 0.605. The molecule has 2 amide bonds. The minimum Gasteiger partial charge on any atom is -0.270 e.